The van der Waals surface area contributed by atoms with Crippen molar-refractivity contribution in [2.45, 2.75) is 39.0 Å². The van der Waals surface area contributed by atoms with Crippen molar-refractivity contribution in [2.24, 2.45) is 0 Å². The number of barbiturate groups is 1. The van der Waals surface area contributed by atoms with E-state index >= 15 is 0 Å². The van der Waals surface area contributed by atoms with Gasteiger partial charge in [-0.15, -0.1) is 11.3 Å². The highest BCUT2D eigenvalue weighted by molar-refractivity contribution is 7.11. The molecule has 1 N–H and O–H groups in total. The van der Waals surface area contributed by atoms with Crippen LogP contribution < -0.4 is 5.32 Å². The Morgan fingerprint density at radius 2 is 2.12 bits per heavy atom. The largest absolute Gasteiger partial charge is 0.331 e. The van der Waals surface area contributed by atoms with Crippen LogP contribution in [0.1, 0.15) is 42.5 Å². The van der Waals surface area contributed by atoms with Crippen molar-refractivity contribution in [1.29, 1.82) is 0 Å². The first-order valence-electron chi connectivity index (χ1n) is 8.17. The number of amides is 4. The summed E-state index contributed by atoms with van der Waals surface area (Å²) >= 11 is 1.46. The Bertz CT molecular complexity index is 745. The quantitative estimate of drug-likeness (QED) is 0.517. The van der Waals surface area contributed by atoms with Crippen LogP contribution in [0.3, 0.4) is 0 Å². The zero-order valence-electron chi connectivity index (χ0n) is 13.6. The van der Waals surface area contributed by atoms with E-state index in [4.69, 9.17) is 0 Å². The molecular formula is C18H20N2O3S. The van der Waals surface area contributed by atoms with Crippen molar-refractivity contribution in [3.8, 4) is 0 Å². The smallest absolute Gasteiger partial charge is 0.273 e. The van der Waals surface area contributed by atoms with Gasteiger partial charge in [0.05, 0.1) is 0 Å². The summed E-state index contributed by atoms with van der Waals surface area (Å²) < 4.78 is 0. The summed E-state index contributed by atoms with van der Waals surface area (Å²) in [6, 6.07) is 1.31. The summed E-state index contributed by atoms with van der Waals surface area (Å²) in [5.74, 6) is -1.13. The third-order valence-corrected chi connectivity index (χ3v) is 5.37. The van der Waals surface area contributed by atoms with Crippen LogP contribution in [0.15, 0.2) is 28.7 Å². The summed E-state index contributed by atoms with van der Waals surface area (Å²) in [7, 11) is 0. The Balaban J connectivity index is 1.77. The van der Waals surface area contributed by atoms with Crippen LogP contribution in [-0.4, -0.2) is 29.3 Å². The van der Waals surface area contributed by atoms with E-state index in [2.05, 4.69) is 11.4 Å². The van der Waals surface area contributed by atoms with Gasteiger partial charge in [-0.05, 0) is 62.1 Å². The monoisotopic (exact) mass is 344 g/mol. The van der Waals surface area contributed by atoms with E-state index in [0.717, 1.165) is 34.6 Å². The van der Waals surface area contributed by atoms with E-state index in [1.165, 1.54) is 23.3 Å². The maximum absolute atomic E-state index is 12.6. The normalized spacial score (nSPS) is 20.4. The SMILES string of the molecule is Cc1ccsc1/C=C1\C(=O)NC(=O)N(CCC2=CCCCC2)C1=O. The highest BCUT2D eigenvalue weighted by atomic mass is 32.1. The molecule has 3 rings (SSSR count). The molecule has 0 radical (unpaired) electrons. The van der Waals surface area contributed by atoms with Crippen LogP contribution in [0.5, 0.6) is 0 Å². The molecule has 24 heavy (non-hydrogen) atoms. The molecule has 2 aliphatic rings. The molecule has 0 spiro atoms. The Labute approximate surface area is 145 Å². The van der Waals surface area contributed by atoms with E-state index in [0.29, 0.717) is 13.0 Å². The van der Waals surface area contributed by atoms with E-state index in [-0.39, 0.29) is 5.57 Å². The van der Waals surface area contributed by atoms with Crippen LogP contribution in [-0.2, 0) is 9.59 Å². The predicted molar refractivity (Wildman–Crippen MR) is 93.5 cm³/mol. The first-order chi connectivity index (χ1) is 11.6. The second-order valence-corrected chi connectivity index (χ2v) is 7.05. The van der Waals surface area contributed by atoms with Gasteiger partial charge in [0.25, 0.3) is 11.8 Å². The van der Waals surface area contributed by atoms with Gasteiger partial charge in [-0.25, -0.2) is 4.79 Å². The number of allylic oxidation sites excluding steroid dienone is 1. The summed E-state index contributed by atoms with van der Waals surface area (Å²) in [6.07, 6.45) is 8.92. The number of hydrogen-bond acceptors (Lipinski definition) is 4. The van der Waals surface area contributed by atoms with E-state index in [1.54, 1.807) is 6.08 Å². The summed E-state index contributed by atoms with van der Waals surface area (Å²) in [5, 5.41) is 4.18. The molecule has 6 heteroatoms. The fourth-order valence-corrected chi connectivity index (χ4v) is 3.81. The molecule has 0 atom stereocenters. The zero-order chi connectivity index (χ0) is 17.1. The van der Waals surface area contributed by atoms with Gasteiger partial charge in [0, 0.05) is 11.4 Å². The number of hydrogen-bond donors (Lipinski definition) is 1. The molecule has 4 amide bonds. The number of carbonyl (C=O) groups excluding carboxylic acids is 3. The molecule has 5 nitrogen and oxygen atoms in total. The number of aryl methyl sites for hydroxylation is 1. The maximum Gasteiger partial charge on any atom is 0.331 e. The molecular weight excluding hydrogens is 324 g/mol. The molecule has 1 aliphatic carbocycles. The van der Waals surface area contributed by atoms with Crippen molar-refractivity contribution >= 4 is 35.3 Å². The van der Waals surface area contributed by atoms with E-state index in [1.807, 2.05) is 18.4 Å². The third kappa shape index (κ3) is 3.48. The van der Waals surface area contributed by atoms with Gasteiger partial charge in [-0.2, -0.15) is 0 Å². The van der Waals surface area contributed by atoms with Crippen molar-refractivity contribution in [1.82, 2.24) is 10.2 Å². The lowest BCUT2D eigenvalue weighted by atomic mass is 9.97. The Hall–Kier alpha value is -2.21. The molecule has 0 bridgehead atoms. The third-order valence-electron chi connectivity index (χ3n) is 4.40. The van der Waals surface area contributed by atoms with Gasteiger partial charge in [-0.1, -0.05) is 11.6 Å². The first kappa shape index (κ1) is 16.6. The number of nitrogens with one attached hydrogen (secondary N) is 1. The van der Waals surface area contributed by atoms with Crippen LogP contribution in [0, 0.1) is 6.92 Å². The highest BCUT2D eigenvalue weighted by Gasteiger charge is 2.35. The Morgan fingerprint density at radius 3 is 2.79 bits per heavy atom. The van der Waals surface area contributed by atoms with Crippen LogP contribution in [0.2, 0.25) is 0 Å². The van der Waals surface area contributed by atoms with Gasteiger partial charge in [0.15, 0.2) is 0 Å². The average Bonchev–Trinajstić information content (AvgIpc) is 2.97. The minimum Gasteiger partial charge on any atom is -0.273 e. The lowest BCUT2D eigenvalue weighted by molar-refractivity contribution is -0.130. The van der Waals surface area contributed by atoms with E-state index < -0.39 is 17.8 Å². The first-order valence-corrected chi connectivity index (χ1v) is 9.05. The lowest BCUT2D eigenvalue weighted by Crippen LogP contribution is -2.54. The fourth-order valence-electron chi connectivity index (χ4n) is 2.95. The summed E-state index contributed by atoms with van der Waals surface area (Å²) in [4.78, 5) is 38.7. The van der Waals surface area contributed by atoms with Gasteiger partial charge in [0.1, 0.15) is 5.57 Å². The molecule has 1 fully saturated rings. The van der Waals surface area contributed by atoms with Crippen LogP contribution >= 0.6 is 11.3 Å². The standard InChI is InChI=1S/C18H20N2O3S/c1-12-8-10-24-15(12)11-14-16(21)19-18(23)20(17(14)22)9-7-13-5-3-2-4-6-13/h5,8,10-11H,2-4,6-7,9H2,1H3,(H,19,21,23)/b14-11+. The second-order valence-electron chi connectivity index (χ2n) is 6.10. The highest BCUT2D eigenvalue weighted by Crippen LogP contribution is 2.23. The minimum atomic E-state index is -0.624. The molecule has 2 heterocycles. The molecule has 0 aromatic carbocycles. The summed E-state index contributed by atoms with van der Waals surface area (Å²) in [6.45, 7) is 2.23. The van der Waals surface area contributed by atoms with Gasteiger partial charge in [0.2, 0.25) is 0 Å². The van der Waals surface area contributed by atoms with Crippen molar-refractivity contribution in [2.75, 3.05) is 6.54 Å². The predicted octanol–water partition coefficient (Wildman–Crippen LogP) is 3.41. The molecule has 1 aromatic rings. The fraction of sp³-hybridized carbons (Fsp3) is 0.389. The number of thiophene rings is 1. The van der Waals surface area contributed by atoms with Gasteiger partial charge in [-0.3, -0.25) is 19.8 Å². The molecule has 1 aliphatic heterocycles. The second kappa shape index (κ2) is 7.13. The minimum absolute atomic E-state index is 0.0257. The molecule has 126 valence electrons. The van der Waals surface area contributed by atoms with Gasteiger partial charge < -0.3 is 0 Å². The Morgan fingerprint density at radius 1 is 1.29 bits per heavy atom. The molecule has 1 saturated heterocycles. The number of carbonyl (C=O) groups is 3. The zero-order valence-corrected chi connectivity index (χ0v) is 14.4. The Kier molecular flexibility index (Phi) is 4.94. The number of nitrogens with zero attached hydrogens (tertiary/aromatic N) is 1. The number of imide groups is 2. The van der Waals surface area contributed by atoms with Crippen LogP contribution in [0.25, 0.3) is 6.08 Å². The van der Waals surface area contributed by atoms with Crippen molar-refractivity contribution < 1.29 is 14.4 Å². The van der Waals surface area contributed by atoms with Gasteiger partial charge >= 0.3 is 6.03 Å². The van der Waals surface area contributed by atoms with Crippen molar-refractivity contribution in [3.63, 3.8) is 0 Å². The average molecular weight is 344 g/mol. The topological polar surface area (TPSA) is 66.5 Å². The maximum atomic E-state index is 12.6. The van der Waals surface area contributed by atoms with E-state index in [9.17, 15) is 14.4 Å². The number of urea groups is 1. The summed E-state index contributed by atoms with van der Waals surface area (Å²) in [5.41, 5.74) is 2.32. The molecule has 0 unspecified atom stereocenters. The molecule has 1 aromatic heterocycles. The number of rotatable bonds is 4. The van der Waals surface area contributed by atoms with Crippen LogP contribution in [0.4, 0.5) is 4.79 Å². The lowest BCUT2D eigenvalue weighted by Gasteiger charge is -2.27. The molecule has 0 saturated carbocycles. The van der Waals surface area contributed by atoms with Crippen molar-refractivity contribution in [3.05, 3.63) is 39.1 Å².